The molecule has 0 saturated carbocycles. The molecule has 1 fully saturated rings. The predicted octanol–water partition coefficient (Wildman–Crippen LogP) is 1.55. The van der Waals surface area contributed by atoms with Crippen molar-refractivity contribution in [1.29, 1.82) is 0 Å². The molecule has 1 N–H and O–H groups in total. The van der Waals surface area contributed by atoms with Crippen molar-refractivity contribution in [3.8, 4) is 0 Å². The smallest absolute Gasteiger partial charge is 0.379 e. The molecule has 1 heterocycles. The Bertz CT molecular complexity index is 445. The second-order valence-corrected chi connectivity index (χ2v) is 3.55. The standard InChI is InChI=1S/C11H10FNO4/c12-8-3-1-2-4-9(8)13-11(15)17-10(14)7-5-16-6-7/h1-4,7H,5-6H2,(H,13,15). The molecular formula is C11H10FNO4. The maximum atomic E-state index is 13.1. The van der Waals surface area contributed by atoms with Gasteiger partial charge in [-0.05, 0) is 12.1 Å². The normalized spacial score (nSPS) is 14.9. The number of benzene rings is 1. The Morgan fingerprint density at radius 1 is 1.35 bits per heavy atom. The molecule has 1 saturated heterocycles. The van der Waals surface area contributed by atoms with Gasteiger partial charge in [-0.25, -0.2) is 9.18 Å². The van der Waals surface area contributed by atoms with Crippen molar-refractivity contribution in [2.45, 2.75) is 0 Å². The fraction of sp³-hybridized carbons (Fsp3) is 0.273. The SMILES string of the molecule is O=C(Nc1ccccc1F)OC(=O)C1COC1. The Kier molecular flexibility index (Phi) is 3.34. The van der Waals surface area contributed by atoms with E-state index in [9.17, 15) is 14.0 Å². The number of carbonyl (C=O) groups excluding carboxylic acids is 2. The highest BCUT2D eigenvalue weighted by molar-refractivity contribution is 5.93. The maximum absolute atomic E-state index is 13.1. The number of hydrogen-bond donors (Lipinski definition) is 1. The molecule has 0 bridgehead atoms. The summed E-state index contributed by atoms with van der Waals surface area (Å²) in [6.07, 6.45) is -0.994. The Hall–Kier alpha value is -1.95. The molecule has 0 spiro atoms. The minimum absolute atomic E-state index is 0.0323. The third kappa shape index (κ3) is 2.79. The lowest BCUT2D eigenvalue weighted by Gasteiger charge is -2.23. The topological polar surface area (TPSA) is 64.6 Å². The van der Waals surface area contributed by atoms with Crippen LogP contribution in [0.4, 0.5) is 14.9 Å². The van der Waals surface area contributed by atoms with Crippen LogP contribution in [0.25, 0.3) is 0 Å². The van der Waals surface area contributed by atoms with E-state index in [1.807, 2.05) is 0 Å². The van der Waals surface area contributed by atoms with E-state index in [2.05, 4.69) is 10.1 Å². The van der Waals surface area contributed by atoms with Gasteiger partial charge in [-0.3, -0.25) is 10.1 Å². The average molecular weight is 239 g/mol. The zero-order chi connectivity index (χ0) is 12.3. The van der Waals surface area contributed by atoms with Gasteiger partial charge in [-0.1, -0.05) is 12.1 Å². The summed E-state index contributed by atoms with van der Waals surface area (Å²) in [5.74, 6) is -1.66. The summed E-state index contributed by atoms with van der Waals surface area (Å²) in [6.45, 7) is 0.512. The molecule has 17 heavy (non-hydrogen) atoms. The van der Waals surface area contributed by atoms with E-state index >= 15 is 0 Å². The molecule has 1 aromatic rings. The van der Waals surface area contributed by atoms with Crippen molar-refractivity contribution < 1.29 is 23.5 Å². The number of anilines is 1. The van der Waals surface area contributed by atoms with Gasteiger partial charge in [0.05, 0.1) is 18.9 Å². The lowest BCUT2D eigenvalue weighted by molar-refractivity contribution is -0.156. The van der Waals surface area contributed by atoms with Gasteiger partial charge in [0.25, 0.3) is 0 Å². The molecule has 0 aromatic heterocycles. The van der Waals surface area contributed by atoms with Crippen LogP contribution in [0.1, 0.15) is 0 Å². The quantitative estimate of drug-likeness (QED) is 0.628. The molecule has 2 rings (SSSR count). The highest BCUT2D eigenvalue weighted by Gasteiger charge is 2.29. The number of rotatable bonds is 2. The molecule has 0 atom stereocenters. The summed E-state index contributed by atoms with van der Waals surface area (Å²) >= 11 is 0. The first kappa shape index (κ1) is 11.5. The van der Waals surface area contributed by atoms with E-state index in [1.165, 1.54) is 18.2 Å². The van der Waals surface area contributed by atoms with Gasteiger partial charge >= 0.3 is 12.1 Å². The highest BCUT2D eigenvalue weighted by Crippen LogP contribution is 2.14. The van der Waals surface area contributed by atoms with Crippen molar-refractivity contribution in [3.05, 3.63) is 30.1 Å². The molecule has 0 radical (unpaired) electrons. The van der Waals surface area contributed by atoms with E-state index < -0.39 is 23.8 Å². The van der Waals surface area contributed by atoms with Gasteiger partial charge in [0.2, 0.25) is 0 Å². The third-order valence-electron chi connectivity index (χ3n) is 2.28. The molecule has 6 heteroatoms. The van der Waals surface area contributed by atoms with Crippen LogP contribution >= 0.6 is 0 Å². The van der Waals surface area contributed by atoms with E-state index in [-0.39, 0.29) is 18.9 Å². The van der Waals surface area contributed by atoms with Crippen LogP contribution in [0.2, 0.25) is 0 Å². The summed E-state index contributed by atoms with van der Waals surface area (Å²) in [6, 6.07) is 5.60. The second-order valence-electron chi connectivity index (χ2n) is 3.55. The summed E-state index contributed by atoms with van der Waals surface area (Å²) in [4.78, 5) is 22.5. The monoisotopic (exact) mass is 239 g/mol. The van der Waals surface area contributed by atoms with Crippen molar-refractivity contribution in [2.75, 3.05) is 18.5 Å². The molecule has 1 aliphatic heterocycles. The fourth-order valence-corrected chi connectivity index (χ4v) is 1.24. The fourth-order valence-electron chi connectivity index (χ4n) is 1.24. The first-order chi connectivity index (χ1) is 8.16. The van der Waals surface area contributed by atoms with Gasteiger partial charge in [-0.2, -0.15) is 0 Å². The van der Waals surface area contributed by atoms with Crippen LogP contribution < -0.4 is 5.32 Å². The molecule has 1 aliphatic rings. The van der Waals surface area contributed by atoms with Crippen LogP contribution in [0.5, 0.6) is 0 Å². The number of esters is 1. The number of hydrogen-bond acceptors (Lipinski definition) is 4. The Labute approximate surface area is 96.5 Å². The van der Waals surface area contributed by atoms with E-state index in [1.54, 1.807) is 6.07 Å². The van der Waals surface area contributed by atoms with Crippen molar-refractivity contribution in [2.24, 2.45) is 5.92 Å². The van der Waals surface area contributed by atoms with Gasteiger partial charge in [0.1, 0.15) is 11.7 Å². The van der Waals surface area contributed by atoms with Gasteiger partial charge in [0.15, 0.2) is 0 Å². The van der Waals surface area contributed by atoms with Crippen LogP contribution in [-0.2, 0) is 14.3 Å². The largest absolute Gasteiger partial charge is 0.419 e. The van der Waals surface area contributed by atoms with Crippen LogP contribution in [-0.4, -0.2) is 25.3 Å². The number of halogens is 1. The lowest BCUT2D eigenvalue weighted by atomic mass is 10.1. The zero-order valence-corrected chi connectivity index (χ0v) is 8.81. The molecule has 0 unspecified atom stereocenters. The summed E-state index contributed by atoms with van der Waals surface area (Å²) < 4.78 is 22.4. The van der Waals surface area contributed by atoms with Crippen molar-refractivity contribution in [3.63, 3.8) is 0 Å². The lowest BCUT2D eigenvalue weighted by Crippen LogP contribution is -2.37. The first-order valence-electron chi connectivity index (χ1n) is 5.02. The summed E-state index contributed by atoms with van der Waals surface area (Å²) in [5, 5.41) is 2.15. The molecule has 0 aliphatic carbocycles. The second kappa shape index (κ2) is 4.92. The molecule has 1 amide bonds. The third-order valence-corrected chi connectivity index (χ3v) is 2.28. The van der Waals surface area contributed by atoms with E-state index in [0.717, 1.165) is 0 Å². The summed E-state index contributed by atoms with van der Waals surface area (Å²) in [5.41, 5.74) is -0.0323. The van der Waals surface area contributed by atoms with Gasteiger partial charge in [0, 0.05) is 0 Å². The molecular weight excluding hydrogens is 229 g/mol. The molecule has 90 valence electrons. The van der Waals surface area contributed by atoms with Crippen LogP contribution in [0, 0.1) is 11.7 Å². The minimum Gasteiger partial charge on any atom is -0.379 e. The first-order valence-corrected chi connectivity index (χ1v) is 5.02. The Morgan fingerprint density at radius 3 is 2.65 bits per heavy atom. The minimum atomic E-state index is -0.994. The maximum Gasteiger partial charge on any atom is 0.419 e. The number of carbonyl (C=O) groups is 2. The average Bonchev–Trinajstić information content (AvgIpc) is 2.18. The van der Waals surface area contributed by atoms with Gasteiger partial charge in [-0.15, -0.1) is 0 Å². The highest BCUT2D eigenvalue weighted by atomic mass is 19.1. The van der Waals surface area contributed by atoms with Gasteiger partial charge < -0.3 is 9.47 Å². The summed E-state index contributed by atoms with van der Waals surface area (Å²) in [7, 11) is 0. The molecule has 1 aromatic carbocycles. The number of amides is 1. The predicted molar refractivity (Wildman–Crippen MR) is 55.8 cm³/mol. The Balaban J connectivity index is 1.89. The zero-order valence-electron chi connectivity index (χ0n) is 8.81. The van der Waals surface area contributed by atoms with E-state index in [0.29, 0.717) is 0 Å². The Morgan fingerprint density at radius 2 is 2.06 bits per heavy atom. The van der Waals surface area contributed by atoms with Crippen molar-refractivity contribution >= 4 is 17.7 Å². The number of ether oxygens (including phenoxy) is 2. The molecule has 5 nitrogen and oxygen atoms in total. The number of nitrogens with one attached hydrogen (secondary N) is 1. The number of para-hydroxylation sites is 1. The van der Waals surface area contributed by atoms with E-state index in [4.69, 9.17) is 4.74 Å². The van der Waals surface area contributed by atoms with Crippen molar-refractivity contribution in [1.82, 2.24) is 0 Å². The van der Waals surface area contributed by atoms with Crippen LogP contribution in [0.3, 0.4) is 0 Å². The van der Waals surface area contributed by atoms with Crippen LogP contribution in [0.15, 0.2) is 24.3 Å².